The molecule has 2 atom stereocenters. The Bertz CT molecular complexity index is 844. The van der Waals surface area contributed by atoms with Crippen LogP contribution in [0, 0.1) is 10.8 Å². The molecule has 1 heterocycles. The van der Waals surface area contributed by atoms with Crippen LogP contribution >= 0.6 is 0 Å². The summed E-state index contributed by atoms with van der Waals surface area (Å²) in [5, 5.41) is 6.27. The minimum Gasteiger partial charge on any atom is -0.355 e. The number of nitrogens with zero attached hydrogens (tertiary/aromatic N) is 3. The average Bonchev–Trinajstić information content (AvgIpc) is 3.38. The summed E-state index contributed by atoms with van der Waals surface area (Å²) >= 11 is 0. The summed E-state index contributed by atoms with van der Waals surface area (Å²) < 4.78 is 0.980. The summed E-state index contributed by atoms with van der Waals surface area (Å²) in [4.78, 5) is 43.5. The molecule has 0 aliphatic carbocycles. The van der Waals surface area contributed by atoms with Crippen molar-refractivity contribution in [2.45, 2.75) is 143 Å². The van der Waals surface area contributed by atoms with Gasteiger partial charge in [-0.15, -0.1) is 0 Å². The van der Waals surface area contributed by atoms with Crippen molar-refractivity contribution in [3.05, 3.63) is 0 Å². The number of carbonyl (C=O) groups excluding carboxylic acids is 3. The molecule has 0 bridgehead atoms. The zero-order valence-electron chi connectivity index (χ0n) is 30.5. The molecule has 1 aliphatic heterocycles. The molecule has 2 unspecified atom stereocenters. The number of carbonyl (C=O) groups is 3. The molecule has 44 heavy (non-hydrogen) atoms. The molecule has 3 amide bonds. The first-order valence-corrected chi connectivity index (χ1v) is 18.0. The van der Waals surface area contributed by atoms with Crippen LogP contribution in [-0.2, 0) is 14.4 Å². The molecule has 0 aromatic rings. The molecule has 1 rings (SSSR count). The van der Waals surface area contributed by atoms with E-state index < -0.39 is 10.8 Å². The lowest BCUT2D eigenvalue weighted by molar-refractivity contribution is -0.890. The van der Waals surface area contributed by atoms with E-state index in [2.05, 4.69) is 38.6 Å². The van der Waals surface area contributed by atoms with E-state index in [4.69, 9.17) is 0 Å². The lowest BCUT2D eigenvalue weighted by Gasteiger charge is -2.40. The van der Waals surface area contributed by atoms with Gasteiger partial charge in [0.1, 0.15) is 0 Å². The molecular formula is C36H72N5O3+. The maximum Gasteiger partial charge on any atom is 0.227 e. The SMILES string of the molecule is CCCCCCCCCCCC[N+](C)(C)CCCNC(=O)C(C)(C)CC(C)(CC(CC)N1CCCC1=O)C(=O)NCN(C)C. The van der Waals surface area contributed by atoms with Crippen molar-refractivity contribution < 1.29 is 18.9 Å². The Labute approximate surface area is 272 Å². The summed E-state index contributed by atoms with van der Waals surface area (Å²) in [7, 11) is 8.44. The highest BCUT2D eigenvalue weighted by molar-refractivity contribution is 5.86. The van der Waals surface area contributed by atoms with E-state index in [1.165, 1.54) is 70.8 Å². The minimum atomic E-state index is -0.783. The molecular weight excluding hydrogens is 550 g/mol. The van der Waals surface area contributed by atoms with E-state index >= 15 is 0 Å². The van der Waals surface area contributed by atoms with Crippen LogP contribution in [0.15, 0.2) is 0 Å². The van der Waals surface area contributed by atoms with Gasteiger partial charge in [-0.2, -0.15) is 0 Å². The monoisotopic (exact) mass is 623 g/mol. The van der Waals surface area contributed by atoms with Gasteiger partial charge in [-0.1, -0.05) is 86.0 Å². The lowest BCUT2D eigenvalue weighted by Crippen LogP contribution is -2.51. The highest BCUT2D eigenvalue weighted by atomic mass is 16.2. The standard InChI is InChI=1S/C36H71N5O3/c1-10-12-13-14-15-16-17-18-19-20-26-41(8,9)27-22-24-37-33(43)35(3,4)29-36(5,34(44)38-30-39(6)7)28-31(11-2)40-25-21-23-32(40)42/h31H,10-30H2,1-9H3,(H-,37,38,43,44)/p+1. The number of quaternary nitrogens is 1. The van der Waals surface area contributed by atoms with E-state index in [0.717, 1.165) is 36.8 Å². The Hall–Kier alpha value is -1.67. The topological polar surface area (TPSA) is 81.8 Å². The van der Waals surface area contributed by atoms with Crippen LogP contribution in [0.4, 0.5) is 0 Å². The third-order valence-electron chi connectivity index (χ3n) is 9.60. The molecule has 1 fully saturated rings. The minimum absolute atomic E-state index is 0.00508. The van der Waals surface area contributed by atoms with E-state index in [1.807, 2.05) is 44.7 Å². The van der Waals surface area contributed by atoms with Gasteiger partial charge in [0.2, 0.25) is 17.7 Å². The molecule has 2 N–H and O–H groups in total. The van der Waals surface area contributed by atoms with Crippen LogP contribution in [0.5, 0.6) is 0 Å². The first-order valence-electron chi connectivity index (χ1n) is 18.0. The fourth-order valence-corrected chi connectivity index (χ4v) is 6.88. The Kier molecular flexibility index (Phi) is 18.8. The van der Waals surface area contributed by atoms with E-state index in [1.54, 1.807) is 0 Å². The van der Waals surface area contributed by atoms with Gasteiger partial charge in [-0.3, -0.25) is 19.3 Å². The second kappa shape index (κ2) is 20.5. The number of amides is 3. The fraction of sp³-hybridized carbons (Fsp3) is 0.917. The normalized spacial score (nSPS) is 16.3. The van der Waals surface area contributed by atoms with E-state index in [0.29, 0.717) is 32.5 Å². The largest absolute Gasteiger partial charge is 0.355 e. The van der Waals surface area contributed by atoms with Gasteiger partial charge in [0.05, 0.1) is 33.9 Å². The Morgan fingerprint density at radius 2 is 1.43 bits per heavy atom. The summed E-state index contributed by atoms with van der Waals surface area (Å²) in [6.45, 7) is 14.3. The number of rotatable bonds is 25. The van der Waals surface area contributed by atoms with Gasteiger partial charge in [-0.05, 0) is 52.6 Å². The first-order chi connectivity index (χ1) is 20.7. The van der Waals surface area contributed by atoms with Crippen LogP contribution in [0.25, 0.3) is 0 Å². The highest BCUT2D eigenvalue weighted by Crippen LogP contribution is 2.40. The fourth-order valence-electron chi connectivity index (χ4n) is 6.88. The van der Waals surface area contributed by atoms with Gasteiger partial charge >= 0.3 is 0 Å². The molecule has 0 aromatic carbocycles. The van der Waals surface area contributed by atoms with Crippen molar-refractivity contribution in [3.8, 4) is 0 Å². The van der Waals surface area contributed by atoms with Gasteiger partial charge in [0.15, 0.2) is 0 Å². The molecule has 0 radical (unpaired) electrons. The van der Waals surface area contributed by atoms with Crippen molar-refractivity contribution in [2.75, 3.05) is 61.0 Å². The van der Waals surface area contributed by atoms with Crippen LogP contribution in [0.2, 0.25) is 0 Å². The zero-order valence-corrected chi connectivity index (χ0v) is 30.5. The molecule has 8 heteroatoms. The third kappa shape index (κ3) is 15.6. The van der Waals surface area contributed by atoms with E-state index in [-0.39, 0.29) is 23.8 Å². The van der Waals surface area contributed by atoms with Crippen molar-refractivity contribution in [2.24, 2.45) is 10.8 Å². The molecule has 1 aliphatic rings. The highest BCUT2D eigenvalue weighted by Gasteiger charge is 2.44. The summed E-state index contributed by atoms with van der Waals surface area (Å²) in [5.41, 5.74) is -1.51. The smallest absolute Gasteiger partial charge is 0.227 e. The number of unbranched alkanes of at least 4 members (excludes halogenated alkanes) is 9. The number of hydrogen-bond acceptors (Lipinski definition) is 4. The molecule has 8 nitrogen and oxygen atoms in total. The molecule has 0 spiro atoms. The van der Waals surface area contributed by atoms with E-state index in [9.17, 15) is 14.4 Å². The lowest BCUT2D eigenvalue weighted by atomic mass is 9.69. The maximum atomic E-state index is 13.6. The summed E-state index contributed by atoms with van der Waals surface area (Å²) in [5.74, 6) is 0.122. The quantitative estimate of drug-likeness (QED) is 0.0708. The Balaban J connectivity index is 2.59. The number of nitrogens with one attached hydrogen (secondary N) is 2. The second-order valence-electron chi connectivity index (χ2n) is 15.5. The van der Waals surface area contributed by atoms with Crippen LogP contribution < -0.4 is 10.6 Å². The Morgan fingerprint density at radius 1 is 0.864 bits per heavy atom. The molecule has 1 saturated heterocycles. The number of hydrogen-bond donors (Lipinski definition) is 2. The van der Waals surface area contributed by atoms with Gasteiger partial charge in [0.25, 0.3) is 0 Å². The molecule has 0 aromatic heterocycles. The van der Waals surface area contributed by atoms with Crippen LogP contribution in [0.3, 0.4) is 0 Å². The molecule has 258 valence electrons. The first kappa shape index (κ1) is 40.4. The van der Waals surface area contributed by atoms with Crippen LogP contribution in [-0.4, -0.2) is 99.1 Å². The van der Waals surface area contributed by atoms with Crippen molar-refractivity contribution in [1.29, 1.82) is 0 Å². The maximum absolute atomic E-state index is 13.6. The van der Waals surface area contributed by atoms with Gasteiger partial charge in [-0.25, -0.2) is 0 Å². The summed E-state index contributed by atoms with van der Waals surface area (Å²) in [6.07, 6.45) is 17.7. The number of likely N-dealkylation sites (tertiary alicyclic amines) is 1. The third-order valence-corrected chi connectivity index (χ3v) is 9.60. The molecule has 0 saturated carbocycles. The van der Waals surface area contributed by atoms with Crippen molar-refractivity contribution in [3.63, 3.8) is 0 Å². The second-order valence-corrected chi connectivity index (χ2v) is 15.5. The Morgan fingerprint density at radius 3 is 1.95 bits per heavy atom. The van der Waals surface area contributed by atoms with Crippen molar-refractivity contribution in [1.82, 2.24) is 20.4 Å². The average molecular weight is 623 g/mol. The van der Waals surface area contributed by atoms with Crippen molar-refractivity contribution >= 4 is 17.7 Å². The van der Waals surface area contributed by atoms with Gasteiger partial charge in [0, 0.05) is 42.8 Å². The predicted octanol–water partition coefficient (Wildman–Crippen LogP) is 6.34. The summed E-state index contributed by atoms with van der Waals surface area (Å²) in [6, 6.07) is -0.00508. The zero-order chi connectivity index (χ0) is 33.2. The predicted molar refractivity (Wildman–Crippen MR) is 184 cm³/mol. The van der Waals surface area contributed by atoms with Gasteiger partial charge < -0.3 is 20.0 Å². The van der Waals surface area contributed by atoms with Crippen LogP contribution in [0.1, 0.15) is 137 Å².